The lowest BCUT2D eigenvalue weighted by molar-refractivity contribution is -0.141. The molecule has 4 unspecified atom stereocenters. The molecule has 60 heavy (non-hydrogen) atoms. The van der Waals surface area contributed by atoms with Crippen molar-refractivity contribution in [1.82, 2.24) is 10.6 Å². The summed E-state index contributed by atoms with van der Waals surface area (Å²) in [6.07, 6.45) is -5.45. The SMILES string of the molecule is CC(NC(=O)C(CC(=O)Cc1ccccc1)Cc1ccccc1)C(=O)C(=O)NC(Cc1cccc(C(F)(F)F)c1)C(=O)CC(Cc1ccc(-c2ccccc2)cc1)C(N)=O. The highest BCUT2D eigenvalue weighted by atomic mass is 19.4. The molecular weight excluding hydrogens is 772 g/mol. The number of nitrogens with one attached hydrogen (secondary N) is 2. The summed E-state index contributed by atoms with van der Waals surface area (Å²) in [6, 6.07) is 36.1. The summed E-state index contributed by atoms with van der Waals surface area (Å²) in [5, 5.41) is 4.91. The van der Waals surface area contributed by atoms with Gasteiger partial charge >= 0.3 is 6.18 Å². The zero-order valence-electron chi connectivity index (χ0n) is 33.0. The first-order valence-electron chi connectivity index (χ1n) is 19.5. The van der Waals surface area contributed by atoms with E-state index in [1.165, 1.54) is 13.0 Å². The first-order valence-corrected chi connectivity index (χ1v) is 19.5. The molecule has 0 aliphatic rings. The minimum atomic E-state index is -4.69. The molecular formula is C48H46F3N3O6. The van der Waals surface area contributed by atoms with Crippen molar-refractivity contribution >= 4 is 35.1 Å². The summed E-state index contributed by atoms with van der Waals surface area (Å²) >= 11 is 0. The first-order chi connectivity index (χ1) is 28.7. The van der Waals surface area contributed by atoms with E-state index in [1.807, 2.05) is 54.6 Å². The van der Waals surface area contributed by atoms with Gasteiger partial charge in [-0.2, -0.15) is 13.2 Å². The van der Waals surface area contributed by atoms with Crippen molar-refractivity contribution in [3.8, 4) is 11.1 Å². The Bertz CT molecular complexity index is 2270. The molecule has 0 aliphatic carbocycles. The maximum atomic E-state index is 13.9. The van der Waals surface area contributed by atoms with Gasteiger partial charge in [0.15, 0.2) is 5.78 Å². The summed E-state index contributed by atoms with van der Waals surface area (Å²) in [7, 11) is 0. The number of ketones is 3. The van der Waals surface area contributed by atoms with Crippen LogP contribution in [0.4, 0.5) is 13.2 Å². The summed E-state index contributed by atoms with van der Waals surface area (Å²) in [4.78, 5) is 80.3. The zero-order chi connectivity index (χ0) is 43.2. The summed E-state index contributed by atoms with van der Waals surface area (Å²) in [5.74, 6) is -6.76. The van der Waals surface area contributed by atoms with Gasteiger partial charge in [-0.25, -0.2) is 0 Å². The molecule has 310 valence electrons. The normalized spacial score (nSPS) is 13.3. The van der Waals surface area contributed by atoms with E-state index in [0.717, 1.165) is 40.5 Å². The molecule has 0 saturated carbocycles. The fourth-order valence-corrected chi connectivity index (χ4v) is 6.91. The number of benzene rings is 5. The smallest absolute Gasteiger partial charge is 0.369 e. The third kappa shape index (κ3) is 13.2. The van der Waals surface area contributed by atoms with E-state index in [0.29, 0.717) is 5.56 Å². The van der Waals surface area contributed by atoms with E-state index in [4.69, 9.17) is 5.73 Å². The van der Waals surface area contributed by atoms with Crippen LogP contribution in [0.25, 0.3) is 11.1 Å². The number of nitrogens with two attached hydrogens (primary N) is 1. The van der Waals surface area contributed by atoms with Crippen LogP contribution in [0.5, 0.6) is 0 Å². The highest BCUT2D eigenvalue weighted by molar-refractivity contribution is 6.38. The Kier molecular flexibility index (Phi) is 15.4. The van der Waals surface area contributed by atoms with Crippen molar-refractivity contribution in [2.24, 2.45) is 17.6 Å². The maximum Gasteiger partial charge on any atom is 0.416 e. The number of rotatable bonds is 20. The Morgan fingerprint density at radius 3 is 1.72 bits per heavy atom. The van der Waals surface area contributed by atoms with Gasteiger partial charge in [0.05, 0.1) is 17.6 Å². The van der Waals surface area contributed by atoms with Crippen LogP contribution in [-0.4, -0.2) is 47.2 Å². The fraction of sp³-hybridized carbons (Fsp3) is 0.250. The topological polar surface area (TPSA) is 152 Å². The van der Waals surface area contributed by atoms with Gasteiger partial charge < -0.3 is 16.4 Å². The minimum Gasteiger partial charge on any atom is -0.369 e. The predicted octanol–water partition coefficient (Wildman–Crippen LogP) is 6.84. The van der Waals surface area contributed by atoms with Crippen LogP contribution in [0.1, 0.15) is 47.6 Å². The minimum absolute atomic E-state index is 0.0355. The molecule has 5 aromatic carbocycles. The van der Waals surface area contributed by atoms with Gasteiger partial charge in [-0.3, -0.25) is 28.8 Å². The predicted molar refractivity (Wildman–Crippen MR) is 221 cm³/mol. The number of carbonyl (C=O) groups is 6. The maximum absolute atomic E-state index is 13.9. The van der Waals surface area contributed by atoms with Gasteiger partial charge in [0.2, 0.25) is 17.6 Å². The molecule has 3 amide bonds. The van der Waals surface area contributed by atoms with E-state index in [1.54, 1.807) is 60.7 Å². The number of halogens is 3. The quantitative estimate of drug-likeness (QED) is 0.0732. The van der Waals surface area contributed by atoms with Crippen molar-refractivity contribution in [2.45, 2.75) is 63.7 Å². The van der Waals surface area contributed by atoms with Gasteiger partial charge in [0.25, 0.3) is 5.91 Å². The largest absolute Gasteiger partial charge is 0.416 e. The molecule has 0 bridgehead atoms. The Labute approximate surface area is 346 Å². The third-order valence-corrected chi connectivity index (χ3v) is 10.2. The lowest BCUT2D eigenvalue weighted by Crippen LogP contribution is -2.52. The van der Waals surface area contributed by atoms with Crippen molar-refractivity contribution in [3.05, 3.63) is 167 Å². The number of amides is 3. The molecule has 0 radical (unpaired) electrons. The third-order valence-electron chi connectivity index (χ3n) is 10.2. The summed E-state index contributed by atoms with van der Waals surface area (Å²) in [5.41, 5.74) is 8.93. The van der Waals surface area contributed by atoms with Crippen LogP contribution in [0.3, 0.4) is 0 Å². The molecule has 0 heterocycles. The van der Waals surface area contributed by atoms with Crippen LogP contribution in [0, 0.1) is 11.8 Å². The second-order valence-corrected chi connectivity index (χ2v) is 14.9. The second-order valence-electron chi connectivity index (χ2n) is 14.9. The Morgan fingerprint density at radius 1 is 0.583 bits per heavy atom. The second kappa shape index (κ2) is 20.8. The average Bonchev–Trinajstić information content (AvgIpc) is 3.23. The van der Waals surface area contributed by atoms with E-state index < -0.39 is 77.8 Å². The van der Waals surface area contributed by atoms with Crippen molar-refractivity contribution in [2.75, 3.05) is 0 Å². The van der Waals surface area contributed by atoms with Crippen LogP contribution in [0.2, 0.25) is 0 Å². The number of hydrogen-bond acceptors (Lipinski definition) is 6. The van der Waals surface area contributed by atoms with Gasteiger partial charge in [-0.1, -0.05) is 133 Å². The molecule has 4 atom stereocenters. The summed E-state index contributed by atoms with van der Waals surface area (Å²) < 4.78 is 40.9. The zero-order valence-corrected chi connectivity index (χ0v) is 33.0. The number of Topliss-reactive ketones (excluding diaryl/α,β-unsaturated/α-hetero) is 3. The van der Waals surface area contributed by atoms with Gasteiger partial charge in [-0.15, -0.1) is 0 Å². The molecule has 5 rings (SSSR count). The molecule has 12 heteroatoms. The Morgan fingerprint density at radius 2 is 1.12 bits per heavy atom. The van der Waals surface area contributed by atoms with Crippen molar-refractivity contribution in [1.29, 1.82) is 0 Å². The van der Waals surface area contributed by atoms with Crippen molar-refractivity contribution < 1.29 is 41.9 Å². The van der Waals surface area contributed by atoms with E-state index >= 15 is 0 Å². The lowest BCUT2D eigenvalue weighted by Gasteiger charge is -2.22. The molecule has 0 aromatic heterocycles. The van der Waals surface area contributed by atoms with E-state index in [2.05, 4.69) is 10.6 Å². The van der Waals surface area contributed by atoms with Crippen LogP contribution in [0.15, 0.2) is 140 Å². The van der Waals surface area contributed by atoms with Crippen LogP contribution in [-0.2, 0) is 60.6 Å². The molecule has 0 fully saturated rings. The molecule has 0 saturated heterocycles. The van der Waals surface area contributed by atoms with Crippen LogP contribution >= 0.6 is 0 Å². The monoisotopic (exact) mass is 817 g/mol. The molecule has 0 aliphatic heterocycles. The number of carbonyl (C=O) groups excluding carboxylic acids is 6. The highest BCUT2D eigenvalue weighted by Crippen LogP contribution is 2.30. The summed E-state index contributed by atoms with van der Waals surface area (Å²) in [6.45, 7) is 1.28. The van der Waals surface area contributed by atoms with Gasteiger partial charge in [0.1, 0.15) is 5.78 Å². The average molecular weight is 818 g/mol. The molecule has 4 N–H and O–H groups in total. The number of alkyl halides is 3. The van der Waals surface area contributed by atoms with Gasteiger partial charge in [-0.05, 0) is 65.6 Å². The molecule has 0 spiro atoms. The number of hydrogen-bond donors (Lipinski definition) is 3. The van der Waals surface area contributed by atoms with E-state index in [-0.39, 0.29) is 37.0 Å². The lowest BCUT2D eigenvalue weighted by atomic mass is 9.89. The molecule has 5 aromatic rings. The standard InChI is InChI=1S/C48H46F3N3O6/c1-31(53-46(59)39(25-32-12-5-2-6-13-32)29-41(55)27-33-14-7-3-8-15-33)44(57)47(60)54-42(28-35-16-11-19-40(26-35)48(49,50)51)43(56)30-38(45(52)58)24-34-20-22-37(23-21-34)36-17-9-4-10-18-36/h2-23,26,31,38-39,42H,24-25,27-30H2,1H3,(H2,52,58)(H,53,59)(H,54,60). The molecule has 9 nitrogen and oxygen atoms in total. The van der Waals surface area contributed by atoms with E-state index in [9.17, 15) is 41.9 Å². The Balaban J connectivity index is 1.30. The van der Waals surface area contributed by atoms with Crippen LogP contribution < -0.4 is 16.4 Å². The number of primary amides is 1. The highest BCUT2D eigenvalue weighted by Gasteiger charge is 2.34. The first kappa shape index (κ1) is 44.4. The Hall–Kier alpha value is -6.69. The van der Waals surface area contributed by atoms with Gasteiger partial charge in [0, 0.05) is 31.1 Å². The van der Waals surface area contributed by atoms with Crippen molar-refractivity contribution in [3.63, 3.8) is 0 Å². The fourth-order valence-electron chi connectivity index (χ4n) is 6.91.